The number of rotatable bonds is 7. The lowest BCUT2D eigenvalue weighted by molar-refractivity contribution is -0.137. The van der Waals surface area contributed by atoms with Crippen molar-refractivity contribution in [2.45, 2.75) is 38.9 Å². The van der Waals surface area contributed by atoms with Crippen LogP contribution < -0.4 is 20.9 Å². The summed E-state index contributed by atoms with van der Waals surface area (Å²) in [5.41, 5.74) is 2.74. The second kappa shape index (κ2) is 11.2. The third-order valence-electron chi connectivity index (χ3n) is 6.81. The quantitative estimate of drug-likeness (QED) is 0.285. The predicted octanol–water partition coefficient (Wildman–Crippen LogP) is 5.65. The Morgan fingerprint density at radius 3 is 2.33 bits per heavy atom. The Hall–Kier alpha value is -3.73. The van der Waals surface area contributed by atoms with Crippen LogP contribution in [0.4, 0.5) is 42.0 Å². The third-order valence-corrected chi connectivity index (χ3v) is 6.81. The van der Waals surface area contributed by atoms with Gasteiger partial charge in [-0.25, -0.2) is 4.98 Å². The van der Waals surface area contributed by atoms with E-state index in [9.17, 15) is 18.3 Å². The van der Waals surface area contributed by atoms with E-state index in [0.29, 0.717) is 5.69 Å². The number of likely N-dealkylation sites (N-methyl/N-ethyl adjacent to an activating group) is 1. The molecular formula is C28H36F3N7O. The molecule has 0 atom stereocenters. The maximum Gasteiger partial charge on any atom is 0.421 e. The number of aromatic nitrogens is 2. The number of piperazine rings is 1. The van der Waals surface area contributed by atoms with Crippen molar-refractivity contribution < 1.29 is 18.3 Å². The summed E-state index contributed by atoms with van der Waals surface area (Å²) in [6.07, 6.45) is -3.89. The van der Waals surface area contributed by atoms with Gasteiger partial charge in [0.25, 0.3) is 0 Å². The molecule has 1 aliphatic heterocycles. The molecule has 0 spiro atoms. The molecule has 39 heavy (non-hydrogen) atoms. The molecule has 4 N–H and O–H groups in total. The number of phenols is 1. The zero-order valence-corrected chi connectivity index (χ0v) is 22.9. The Balaban J connectivity index is 1.58. The van der Waals surface area contributed by atoms with Crippen molar-refractivity contribution in [2.24, 2.45) is 0 Å². The molecule has 1 fully saturated rings. The molecule has 3 aromatic rings. The van der Waals surface area contributed by atoms with Gasteiger partial charge >= 0.3 is 6.18 Å². The van der Waals surface area contributed by atoms with Gasteiger partial charge in [0, 0.05) is 63.4 Å². The molecule has 8 nitrogen and oxygen atoms in total. The Kier molecular flexibility index (Phi) is 8.10. The molecule has 0 unspecified atom stereocenters. The minimum atomic E-state index is -4.65. The summed E-state index contributed by atoms with van der Waals surface area (Å²) < 4.78 is 41.5. The molecule has 1 saturated heterocycles. The van der Waals surface area contributed by atoms with Gasteiger partial charge in [0.1, 0.15) is 17.1 Å². The molecule has 0 saturated carbocycles. The summed E-state index contributed by atoms with van der Waals surface area (Å²) in [4.78, 5) is 12.4. The van der Waals surface area contributed by atoms with E-state index in [1.165, 1.54) is 0 Å². The lowest BCUT2D eigenvalue weighted by atomic mass is 9.82. The number of nitrogens with zero attached hydrogens (tertiary/aromatic N) is 4. The number of phenolic OH excluding ortho intramolecular Hbond substituents is 1. The molecule has 0 radical (unpaired) electrons. The highest BCUT2D eigenvalue weighted by molar-refractivity contribution is 5.68. The van der Waals surface area contributed by atoms with Gasteiger partial charge in [0.15, 0.2) is 0 Å². The Morgan fingerprint density at radius 1 is 1.00 bits per heavy atom. The van der Waals surface area contributed by atoms with Crippen LogP contribution in [0.1, 0.15) is 37.5 Å². The fourth-order valence-electron chi connectivity index (χ4n) is 4.81. The first kappa shape index (κ1) is 28.3. The third kappa shape index (κ3) is 6.65. The normalized spacial score (nSPS) is 14.8. The van der Waals surface area contributed by atoms with Crippen LogP contribution >= 0.6 is 0 Å². The van der Waals surface area contributed by atoms with E-state index in [1.54, 1.807) is 12.1 Å². The smallest absolute Gasteiger partial charge is 0.421 e. The molecule has 0 amide bonds. The number of halogens is 3. The zero-order valence-electron chi connectivity index (χ0n) is 22.9. The van der Waals surface area contributed by atoms with Crippen LogP contribution in [0.25, 0.3) is 0 Å². The van der Waals surface area contributed by atoms with Gasteiger partial charge in [-0.05, 0) is 41.8 Å². The highest BCUT2D eigenvalue weighted by Gasteiger charge is 2.35. The number of hydrogen-bond acceptors (Lipinski definition) is 8. The SMILES string of the molecule is CNc1cccc(CNc2nc(Nc3ccc(N4CCN(C)CC4)cc3O)ncc2C(F)(F)F)c1C(C)(C)C. The van der Waals surface area contributed by atoms with Crippen LogP contribution in [-0.4, -0.2) is 60.2 Å². The average Bonchev–Trinajstić information content (AvgIpc) is 2.87. The van der Waals surface area contributed by atoms with Crippen LogP contribution in [0.2, 0.25) is 0 Å². The minimum absolute atomic E-state index is 0.0388. The van der Waals surface area contributed by atoms with E-state index < -0.39 is 11.7 Å². The number of nitrogens with one attached hydrogen (secondary N) is 3. The summed E-state index contributed by atoms with van der Waals surface area (Å²) in [7, 11) is 3.89. The summed E-state index contributed by atoms with van der Waals surface area (Å²) >= 11 is 0. The highest BCUT2D eigenvalue weighted by Crippen LogP contribution is 2.37. The molecule has 1 aromatic heterocycles. The molecule has 0 bridgehead atoms. The summed E-state index contributed by atoms with van der Waals surface area (Å²) in [6, 6.07) is 10.9. The van der Waals surface area contributed by atoms with Gasteiger partial charge in [-0.15, -0.1) is 0 Å². The van der Waals surface area contributed by atoms with Gasteiger partial charge in [0.05, 0.1) is 5.69 Å². The van der Waals surface area contributed by atoms with Crippen LogP contribution in [0.3, 0.4) is 0 Å². The van der Waals surface area contributed by atoms with Crippen molar-refractivity contribution >= 4 is 28.8 Å². The van der Waals surface area contributed by atoms with E-state index in [-0.39, 0.29) is 29.5 Å². The van der Waals surface area contributed by atoms with E-state index in [0.717, 1.165) is 54.9 Å². The molecule has 4 rings (SSSR count). The molecule has 1 aliphatic rings. The minimum Gasteiger partial charge on any atom is -0.506 e. The van der Waals surface area contributed by atoms with Gasteiger partial charge in [0.2, 0.25) is 5.95 Å². The Morgan fingerprint density at radius 2 is 1.72 bits per heavy atom. The molecule has 11 heteroatoms. The molecule has 210 valence electrons. The van der Waals surface area contributed by atoms with E-state index in [4.69, 9.17) is 0 Å². The van der Waals surface area contributed by atoms with Crippen molar-refractivity contribution in [1.82, 2.24) is 14.9 Å². The number of hydrogen-bond donors (Lipinski definition) is 4. The fourth-order valence-corrected chi connectivity index (χ4v) is 4.81. The number of benzene rings is 2. The Labute approximate surface area is 227 Å². The lowest BCUT2D eigenvalue weighted by Gasteiger charge is -2.34. The molecular weight excluding hydrogens is 507 g/mol. The van der Waals surface area contributed by atoms with Crippen molar-refractivity contribution in [3.8, 4) is 5.75 Å². The van der Waals surface area contributed by atoms with Crippen LogP contribution in [0.15, 0.2) is 42.6 Å². The first-order valence-corrected chi connectivity index (χ1v) is 12.9. The van der Waals surface area contributed by atoms with Crippen molar-refractivity contribution in [2.75, 3.05) is 61.1 Å². The van der Waals surface area contributed by atoms with E-state index >= 15 is 0 Å². The second-order valence-corrected chi connectivity index (χ2v) is 10.8. The molecule has 0 aliphatic carbocycles. The Bertz CT molecular complexity index is 1300. The van der Waals surface area contributed by atoms with Gasteiger partial charge in [-0.1, -0.05) is 32.9 Å². The number of anilines is 5. The van der Waals surface area contributed by atoms with Crippen molar-refractivity contribution in [3.63, 3.8) is 0 Å². The van der Waals surface area contributed by atoms with Crippen LogP contribution in [0.5, 0.6) is 5.75 Å². The predicted molar refractivity (Wildman–Crippen MR) is 150 cm³/mol. The van der Waals surface area contributed by atoms with Gasteiger partial charge < -0.3 is 30.9 Å². The van der Waals surface area contributed by atoms with E-state index in [1.807, 2.05) is 31.3 Å². The fraction of sp³-hybridized carbons (Fsp3) is 0.429. The lowest BCUT2D eigenvalue weighted by Crippen LogP contribution is -2.44. The largest absolute Gasteiger partial charge is 0.506 e. The monoisotopic (exact) mass is 543 g/mol. The van der Waals surface area contributed by atoms with Gasteiger partial charge in [-0.3, -0.25) is 0 Å². The summed E-state index contributed by atoms with van der Waals surface area (Å²) in [6.45, 7) is 9.83. The highest BCUT2D eigenvalue weighted by atomic mass is 19.4. The van der Waals surface area contributed by atoms with Crippen LogP contribution in [-0.2, 0) is 18.1 Å². The number of aromatic hydroxyl groups is 1. The number of alkyl halides is 3. The second-order valence-electron chi connectivity index (χ2n) is 10.8. The molecule has 2 heterocycles. The van der Waals surface area contributed by atoms with Crippen molar-refractivity contribution in [3.05, 3.63) is 59.3 Å². The average molecular weight is 544 g/mol. The van der Waals surface area contributed by atoms with Gasteiger partial charge in [-0.2, -0.15) is 18.2 Å². The first-order chi connectivity index (χ1) is 18.4. The maximum atomic E-state index is 13.8. The van der Waals surface area contributed by atoms with Crippen LogP contribution in [0, 0.1) is 0 Å². The maximum absolute atomic E-state index is 13.8. The zero-order chi connectivity index (χ0) is 28.4. The topological polar surface area (TPSA) is 88.6 Å². The van der Waals surface area contributed by atoms with E-state index in [2.05, 4.69) is 63.5 Å². The summed E-state index contributed by atoms with van der Waals surface area (Å²) in [5.74, 6) is -0.445. The first-order valence-electron chi connectivity index (χ1n) is 12.9. The summed E-state index contributed by atoms with van der Waals surface area (Å²) in [5, 5.41) is 19.6. The standard InChI is InChI=1S/C28H36F3N7O/c1-27(2,3)24-18(7-6-8-22(24)32-4)16-33-25-20(28(29,30)31)17-34-26(36-25)35-21-10-9-19(15-23(21)39)38-13-11-37(5)12-14-38/h6-10,15,17,32,39H,11-14,16H2,1-5H3,(H2,33,34,35,36). The molecule has 2 aromatic carbocycles. The van der Waals surface area contributed by atoms with Crippen molar-refractivity contribution in [1.29, 1.82) is 0 Å².